The highest BCUT2D eigenvalue weighted by Crippen LogP contribution is 2.44. The molecule has 0 amide bonds. The molecule has 11 heavy (non-hydrogen) atoms. The van der Waals surface area contributed by atoms with Gasteiger partial charge in [-0.3, -0.25) is 0 Å². The summed E-state index contributed by atoms with van der Waals surface area (Å²) in [5, 5.41) is 0. The first-order valence-corrected chi connectivity index (χ1v) is 5.06. The zero-order valence-electron chi connectivity index (χ0n) is 8.46. The van der Waals surface area contributed by atoms with Gasteiger partial charge < -0.3 is 5.73 Å². The quantitative estimate of drug-likeness (QED) is 0.605. The molecule has 0 aliphatic heterocycles. The summed E-state index contributed by atoms with van der Waals surface area (Å²) in [4.78, 5) is 0. The minimum absolute atomic E-state index is 0.127. The van der Waals surface area contributed by atoms with Gasteiger partial charge in [-0.05, 0) is 19.3 Å². The number of hydrogen-bond donors (Lipinski definition) is 1. The van der Waals surface area contributed by atoms with Crippen LogP contribution in [0, 0.1) is 5.41 Å². The Hall–Kier alpha value is 0.690. The van der Waals surface area contributed by atoms with Crippen molar-refractivity contribution in [1.29, 1.82) is 0 Å². The molecule has 0 radical (unpaired) electrons. The molecule has 0 aromatic heterocycles. The molecule has 0 atom stereocenters. The van der Waals surface area contributed by atoms with E-state index >= 15 is 0 Å². The van der Waals surface area contributed by atoms with Gasteiger partial charge in [0.2, 0.25) is 0 Å². The van der Waals surface area contributed by atoms with Crippen LogP contribution in [0.2, 0.25) is 0 Å². The summed E-state index contributed by atoms with van der Waals surface area (Å²) in [7, 11) is 0. The first-order chi connectivity index (χ1) is 4.50. The topological polar surface area (TPSA) is 26.0 Å². The van der Waals surface area contributed by atoms with Crippen molar-refractivity contribution in [2.45, 2.75) is 50.5 Å². The van der Waals surface area contributed by atoms with E-state index in [0.29, 0.717) is 0 Å². The first-order valence-electron chi connectivity index (χ1n) is 3.98. The van der Waals surface area contributed by atoms with Gasteiger partial charge in [0, 0.05) is 8.96 Å². The predicted octanol–water partition coefficient (Wildman–Crippen LogP) is 2.96. The summed E-state index contributed by atoms with van der Waals surface area (Å²) in [6.45, 7) is 13.1. The Balaban J connectivity index is 4.75. The molecule has 0 aromatic rings. The Bertz CT molecular complexity index is 121. The molecule has 0 unspecified atom stereocenters. The zero-order valence-corrected chi connectivity index (χ0v) is 10.6. The van der Waals surface area contributed by atoms with Gasteiger partial charge in [-0.15, -0.1) is 0 Å². The van der Waals surface area contributed by atoms with E-state index in [1.165, 1.54) is 0 Å². The molecule has 0 rings (SSSR count). The fourth-order valence-electron chi connectivity index (χ4n) is 0.766. The van der Waals surface area contributed by atoms with Crippen molar-refractivity contribution in [1.82, 2.24) is 0 Å². The molecule has 0 aliphatic carbocycles. The van der Waals surface area contributed by atoms with Crippen LogP contribution in [0.15, 0.2) is 0 Å². The van der Waals surface area contributed by atoms with Gasteiger partial charge in [0.05, 0.1) is 0 Å². The molecule has 2 N–H and O–H groups in total. The maximum Gasteiger partial charge on any atom is 0.0234 e. The lowest BCUT2D eigenvalue weighted by Gasteiger charge is -2.47. The maximum absolute atomic E-state index is 6.09. The van der Waals surface area contributed by atoms with E-state index in [4.69, 9.17) is 5.73 Å². The van der Waals surface area contributed by atoms with E-state index in [1.54, 1.807) is 0 Å². The van der Waals surface area contributed by atoms with E-state index < -0.39 is 0 Å². The number of halogens is 1. The molecule has 0 saturated carbocycles. The second-order valence-electron chi connectivity index (χ2n) is 4.82. The van der Waals surface area contributed by atoms with Gasteiger partial charge in [0.25, 0.3) is 0 Å². The van der Waals surface area contributed by atoms with Crippen LogP contribution in [0.4, 0.5) is 0 Å². The van der Waals surface area contributed by atoms with Gasteiger partial charge in [0.15, 0.2) is 0 Å². The van der Waals surface area contributed by atoms with Gasteiger partial charge >= 0.3 is 0 Å². The molecule has 1 nitrogen and oxygen atoms in total. The summed E-state index contributed by atoms with van der Waals surface area (Å²) >= 11 is 2.46. The summed E-state index contributed by atoms with van der Waals surface area (Å²) in [5.74, 6) is 0. The lowest BCUT2D eigenvalue weighted by Crippen LogP contribution is -2.55. The molecular weight excluding hydrogens is 249 g/mol. The highest BCUT2D eigenvalue weighted by Gasteiger charge is 2.44. The normalized spacial score (nSPS) is 15.3. The maximum atomic E-state index is 6.09. The van der Waals surface area contributed by atoms with Crippen LogP contribution >= 0.6 is 22.6 Å². The SMILES string of the molecule is CC(C)(N)C(C)(C)C(C)(C)I. The van der Waals surface area contributed by atoms with Crippen molar-refractivity contribution in [2.75, 3.05) is 0 Å². The molecule has 2 heteroatoms. The van der Waals surface area contributed by atoms with E-state index in [1.807, 2.05) is 0 Å². The van der Waals surface area contributed by atoms with Crippen molar-refractivity contribution in [3.05, 3.63) is 0 Å². The molecule has 0 bridgehead atoms. The molecule has 68 valence electrons. The number of rotatable bonds is 2. The molecule has 0 heterocycles. The third-order valence-corrected chi connectivity index (χ3v) is 4.45. The zero-order chi connectivity index (χ0) is 9.50. The standard InChI is InChI=1S/C9H20IN/c1-7(2,8(3,4)10)9(5,6)11/h11H2,1-6H3. The average Bonchev–Trinajstić information content (AvgIpc) is 1.58. The lowest BCUT2D eigenvalue weighted by atomic mass is 9.68. The monoisotopic (exact) mass is 269 g/mol. The van der Waals surface area contributed by atoms with E-state index in [-0.39, 0.29) is 14.4 Å². The Kier molecular flexibility index (Phi) is 3.05. The van der Waals surface area contributed by atoms with Gasteiger partial charge in [-0.1, -0.05) is 50.3 Å². The number of hydrogen-bond acceptors (Lipinski definition) is 1. The number of alkyl halides is 1. The molecule has 0 spiro atoms. The van der Waals surface area contributed by atoms with E-state index in [2.05, 4.69) is 64.1 Å². The molecule has 0 fully saturated rings. The van der Waals surface area contributed by atoms with E-state index in [0.717, 1.165) is 0 Å². The Morgan fingerprint density at radius 3 is 1.18 bits per heavy atom. The first kappa shape index (κ1) is 11.7. The Labute approximate surface area is 84.3 Å². The second-order valence-corrected chi connectivity index (χ2v) is 7.52. The lowest BCUT2D eigenvalue weighted by molar-refractivity contribution is 0.164. The molecule has 0 saturated heterocycles. The van der Waals surface area contributed by atoms with Crippen LogP contribution in [0.3, 0.4) is 0 Å². The van der Waals surface area contributed by atoms with Crippen LogP contribution in [-0.4, -0.2) is 8.96 Å². The molecular formula is C9H20IN. The van der Waals surface area contributed by atoms with Crippen molar-refractivity contribution in [3.8, 4) is 0 Å². The van der Waals surface area contributed by atoms with Crippen LogP contribution < -0.4 is 5.73 Å². The van der Waals surface area contributed by atoms with Crippen molar-refractivity contribution >= 4 is 22.6 Å². The smallest absolute Gasteiger partial charge is 0.0234 e. The average molecular weight is 269 g/mol. The van der Waals surface area contributed by atoms with Gasteiger partial charge in [0.1, 0.15) is 0 Å². The molecule has 0 aromatic carbocycles. The van der Waals surface area contributed by atoms with E-state index in [9.17, 15) is 0 Å². The summed E-state index contributed by atoms with van der Waals surface area (Å²) in [6.07, 6.45) is 0. The fraction of sp³-hybridized carbons (Fsp3) is 1.00. The third-order valence-electron chi connectivity index (χ3n) is 3.10. The Morgan fingerprint density at radius 2 is 1.18 bits per heavy atom. The fourth-order valence-corrected chi connectivity index (χ4v) is 1.46. The van der Waals surface area contributed by atoms with Crippen LogP contribution in [-0.2, 0) is 0 Å². The van der Waals surface area contributed by atoms with Crippen molar-refractivity contribution < 1.29 is 0 Å². The van der Waals surface area contributed by atoms with Crippen LogP contribution in [0.25, 0.3) is 0 Å². The van der Waals surface area contributed by atoms with Crippen molar-refractivity contribution in [3.63, 3.8) is 0 Å². The van der Waals surface area contributed by atoms with Crippen LogP contribution in [0.1, 0.15) is 41.5 Å². The second kappa shape index (κ2) is 2.87. The third kappa shape index (κ3) is 2.31. The van der Waals surface area contributed by atoms with Crippen LogP contribution in [0.5, 0.6) is 0 Å². The summed E-state index contributed by atoms with van der Waals surface area (Å²) < 4.78 is 0.225. The largest absolute Gasteiger partial charge is 0.325 e. The predicted molar refractivity (Wildman–Crippen MR) is 60.1 cm³/mol. The summed E-state index contributed by atoms with van der Waals surface area (Å²) in [5.41, 5.74) is 6.11. The highest BCUT2D eigenvalue weighted by atomic mass is 127. The minimum Gasteiger partial charge on any atom is -0.325 e. The molecule has 0 aliphatic rings. The van der Waals surface area contributed by atoms with Crippen molar-refractivity contribution in [2.24, 2.45) is 11.1 Å². The summed E-state index contributed by atoms with van der Waals surface area (Å²) in [6, 6.07) is 0. The minimum atomic E-state index is -0.127. The highest BCUT2D eigenvalue weighted by molar-refractivity contribution is 14.1. The number of nitrogens with two attached hydrogens (primary N) is 1. The van der Waals surface area contributed by atoms with Gasteiger partial charge in [-0.25, -0.2) is 0 Å². The Morgan fingerprint density at radius 1 is 0.909 bits per heavy atom. The van der Waals surface area contributed by atoms with Gasteiger partial charge in [-0.2, -0.15) is 0 Å².